The maximum absolute atomic E-state index is 16.0. The first-order valence-corrected chi connectivity index (χ1v) is 19.2. The number of carbonyl (C=O) groups is 2. The van der Waals surface area contributed by atoms with Gasteiger partial charge in [-0.3, -0.25) is 14.5 Å². The minimum absolute atomic E-state index is 0.0728. The van der Waals surface area contributed by atoms with Crippen LogP contribution >= 0.6 is 23.2 Å². The lowest BCUT2D eigenvalue weighted by molar-refractivity contribution is -0.157. The summed E-state index contributed by atoms with van der Waals surface area (Å²) in [6.07, 6.45) is 4.62. The highest BCUT2D eigenvalue weighted by Gasteiger charge is 2.39. The molecular weight excluding hydrogens is 730 g/mol. The van der Waals surface area contributed by atoms with Gasteiger partial charge < -0.3 is 25.4 Å². The third-order valence-electron chi connectivity index (χ3n) is 10.5. The molecule has 6 rings (SSSR count). The lowest BCUT2D eigenvalue weighted by Crippen LogP contribution is -2.42. The number of hydrogen-bond acceptors (Lipinski definition) is 9. The van der Waals surface area contributed by atoms with Crippen molar-refractivity contribution >= 4 is 46.6 Å². The highest BCUT2D eigenvalue weighted by Crippen LogP contribution is 2.42. The van der Waals surface area contributed by atoms with Gasteiger partial charge in [0.05, 0.1) is 40.6 Å². The number of nitrogens with one attached hydrogen (secondary N) is 3. The van der Waals surface area contributed by atoms with Crippen molar-refractivity contribution in [2.75, 3.05) is 38.7 Å². The summed E-state index contributed by atoms with van der Waals surface area (Å²) < 4.78 is 26.9. The van der Waals surface area contributed by atoms with Crippen molar-refractivity contribution in [3.8, 4) is 28.3 Å². The fourth-order valence-corrected chi connectivity index (χ4v) is 7.87. The van der Waals surface area contributed by atoms with Crippen molar-refractivity contribution in [3.05, 3.63) is 87.8 Å². The molecule has 2 aliphatic rings. The number of esters is 1. The summed E-state index contributed by atoms with van der Waals surface area (Å²) in [5.74, 6) is 0.213. The van der Waals surface area contributed by atoms with Crippen molar-refractivity contribution in [1.82, 2.24) is 25.5 Å². The highest BCUT2D eigenvalue weighted by molar-refractivity contribution is 6.39. The molecule has 2 fully saturated rings. The van der Waals surface area contributed by atoms with E-state index in [2.05, 4.69) is 25.8 Å². The quantitative estimate of drug-likeness (QED) is 0.109. The molecule has 2 aromatic heterocycles. The van der Waals surface area contributed by atoms with Gasteiger partial charge in [0.15, 0.2) is 11.6 Å². The summed E-state index contributed by atoms with van der Waals surface area (Å²) in [5, 5.41) is 10.3. The van der Waals surface area contributed by atoms with Crippen LogP contribution in [0.15, 0.2) is 60.8 Å². The van der Waals surface area contributed by atoms with Crippen LogP contribution in [0.1, 0.15) is 57.6 Å². The molecule has 0 saturated carbocycles. The van der Waals surface area contributed by atoms with Crippen LogP contribution in [-0.4, -0.2) is 66.1 Å². The van der Waals surface area contributed by atoms with Gasteiger partial charge in [-0.05, 0) is 77.2 Å². The number of anilines is 2. The lowest BCUT2D eigenvalue weighted by Gasteiger charge is -2.39. The second kappa shape index (κ2) is 17.5. The standard InChI is InChI=1S/C41H47Cl2FN6O4/c1-5-54-40(52)41(2,3)27-17-20-50(21-18-27)24-26-16-19-46-38(37(26)44)48-33-11-7-9-30(36(33)43)29-8-6-10-31(35(29)42)32-14-12-25(39(49-32)53-4)22-45-23-28-13-15-34(51)47-28/h6-12,14,16,19,27-28,45H,5,13,15,17-18,20-24H2,1-4H3,(H,46,48)(H,47,51)/t28-/m0/s1. The van der Waals surface area contributed by atoms with E-state index in [0.29, 0.717) is 82.2 Å². The Morgan fingerprint density at radius 2 is 1.72 bits per heavy atom. The van der Waals surface area contributed by atoms with E-state index in [9.17, 15) is 9.59 Å². The number of benzene rings is 2. The van der Waals surface area contributed by atoms with Crippen LogP contribution in [0.4, 0.5) is 15.9 Å². The van der Waals surface area contributed by atoms with Gasteiger partial charge >= 0.3 is 5.97 Å². The SMILES string of the molecule is CCOC(=O)C(C)(C)C1CCN(Cc2ccnc(Nc3cccc(-c4cccc(-c5ccc(CNC[C@@H]6CCC(=O)N6)c(OC)n5)c4Cl)c3Cl)c2F)CC1. The molecule has 0 bridgehead atoms. The molecule has 3 N–H and O–H groups in total. The summed E-state index contributed by atoms with van der Waals surface area (Å²) in [4.78, 5) is 35.4. The average molecular weight is 778 g/mol. The number of halogens is 3. The number of aromatic nitrogens is 2. The van der Waals surface area contributed by atoms with Gasteiger partial charge in [-0.25, -0.2) is 14.4 Å². The number of ether oxygens (including phenoxy) is 2. The molecule has 1 atom stereocenters. The van der Waals surface area contributed by atoms with Gasteiger partial charge in [0, 0.05) is 66.1 Å². The van der Waals surface area contributed by atoms with Gasteiger partial charge in [0.1, 0.15) is 0 Å². The maximum Gasteiger partial charge on any atom is 0.311 e. The third kappa shape index (κ3) is 8.81. The summed E-state index contributed by atoms with van der Waals surface area (Å²) in [5.41, 5.74) is 3.99. The van der Waals surface area contributed by atoms with Crippen LogP contribution in [-0.2, 0) is 27.4 Å². The molecule has 2 saturated heterocycles. The number of carbonyl (C=O) groups excluding carboxylic acids is 2. The van der Waals surface area contributed by atoms with Crippen molar-refractivity contribution in [2.24, 2.45) is 11.3 Å². The van der Waals surface area contributed by atoms with Gasteiger partial charge in [-0.1, -0.05) is 59.6 Å². The third-order valence-corrected chi connectivity index (χ3v) is 11.3. The first-order valence-electron chi connectivity index (χ1n) is 18.4. The normalized spacial score (nSPS) is 16.6. The fourth-order valence-electron chi connectivity index (χ4n) is 7.27. The molecule has 286 valence electrons. The van der Waals surface area contributed by atoms with Crippen molar-refractivity contribution in [2.45, 2.75) is 65.6 Å². The zero-order valence-corrected chi connectivity index (χ0v) is 32.6. The molecule has 0 aliphatic carbocycles. The molecule has 2 aliphatic heterocycles. The van der Waals surface area contributed by atoms with Gasteiger partial charge in [0.25, 0.3) is 0 Å². The van der Waals surface area contributed by atoms with Crippen molar-refractivity contribution in [1.29, 1.82) is 0 Å². The van der Waals surface area contributed by atoms with E-state index in [-0.39, 0.29) is 29.7 Å². The predicted octanol–water partition coefficient (Wildman–Crippen LogP) is 8.18. The van der Waals surface area contributed by atoms with Crippen molar-refractivity contribution < 1.29 is 23.5 Å². The minimum Gasteiger partial charge on any atom is -0.481 e. The second-order valence-electron chi connectivity index (χ2n) is 14.4. The predicted molar refractivity (Wildman–Crippen MR) is 210 cm³/mol. The van der Waals surface area contributed by atoms with Crippen LogP contribution in [0.5, 0.6) is 5.88 Å². The van der Waals surface area contributed by atoms with E-state index in [1.54, 1.807) is 25.4 Å². The Hall–Kier alpha value is -4.29. The Balaban J connectivity index is 1.15. The van der Waals surface area contributed by atoms with Crippen LogP contribution in [0.2, 0.25) is 10.0 Å². The molecule has 0 radical (unpaired) electrons. The Morgan fingerprint density at radius 3 is 2.43 bits per heavy atom. The number of hydrogen-bond donors (Lipinski definition) is 3. The molecule has 10 nitrogen and oxygen atoms in total. The monoisotopic (exact) mass is 776 g/mol. The molecule has 0 spiro atoms. The number of piperidine rings is 1. The summed E-state index contributed by atoms with van der Waals surface area (Å²) >= 11 is 14.1. The Labute approximate surface area is 326 Å². The number of methoxy groups -OCH3 is 1. The average Bonchev–Trinajstić information content (AvgIpc) is 3.59. The molecule has 0 unspecified atom stereocenters. The van der Waals surface area contributed by atoms with Crippen LogP contribution in [0.25, 0.3) is 22.4 Å². The zero-order chi connectivity index (χ0) is 38.4. The zero-order valence-electron chi connectivity index (χ0n) is 31.1. The smallest absolute Gasteiger partial charge is 0.311 e. The second-order valence-corrected chi connectivity index (χ2v) is 15.1. The van der Waals surface area contributed by atoms with E-state index in [4.69, 9.17) is 37.7 Å². The summed E-state index contributed by atoms with van der Waals surface area (Å²) in [6.45, 7) is 9.19. The molecule has 4 aromatic rings. The van der Waals surface area contributed by atoms with E-state index < -0.39 is 11.2 Å². The van der Waals surface area contributed by atoms with E-state index in [1.807, 2.05) is 63.2 Å². The van der Waals surface area contributed by atoms with Crippen LogP contribution in [0, 0.1) is 17.2 Å². The Kier molecular flexibility index (Phi) is 12.7. The van der Waals surface area contributed by atoms with Crippen LogP contribution in [0.3, 0.4) is 0 Å². The largest absolute Gasteiger partial charge is 0.481 e. The Morgan fingerprint density at radius 1 is 1.00 bits per heavy atom. The van der Waals surface area contributed by atoms with Gasteiger partial charge in [0.2, 0.25) is 11.8 Å². The fraction of sp³-hybridized carbons (Fsp3) is 0.415. The number of rotatable bonds is 14. The van der Waals surface area contributed by atoms with Gasteiger partial charge in [-0.15, -0.1) is 0 Å². The lowest BCUT2D eigenvalue weighted by atomic mass is 9.73. The molecule has 1 amide bonds. The molecule has 4 heterocycles. The van der Waals surface area contributed by atoms with Gasteiger partial charge in [-0.2, -0.15) is 0 Å². The highest BCUT2D eigenvalue weighted by atomic mass is 35.5. The summed E-state index contributed by atoms with van der Waals surface area (Å²) in [7, 11) is 1.58. The first-order chi connectivity index (χ1) is 26.0. The van der Waals surface area contributed by atoms with Crippen LogP contribution < -0.4 is 20.7 Å². The van der Waals surface area contributed by atoms with E-state index in [0.717, 1.165) is 37.9 Å². The molecule has 54 heavy (non-hydrogen) atoms. The number of amides is 1. The number of nitrogens with zero attached hydrogens (tertiary/aromatic N) is 3. The maximum atomic E-state index is 16.0. The van der Waals surface area contributed by atoms with E-state index >= 15 is 4.39 Å². The number of pyridine rings is 2. The number of likely N-dealkylation sites (tertiary alicyclic amines) is 1. The minimum atomic E-state index is -0.563. The first kappa shape index (κ1) is 39.4. The van der Waals surface area contributed by atoms with E-state index in [1.165, 1.54) is 0 Å². The van der Waals surface area contributed by atoms with Crippen molar-refractivity contribution in [3.63, 3.8) is 0 Å². The molecule has 13 heteroatoms. The molecule has 2 aromatic carbocycles. The molecular formula is C41H47Cl2FN6O4. The summed E-state index contributed by atoms with van der Waals surface area (Å²) in [6, 6.07) is 16.8. The Bertz CT molecular complexity index is 1990. The topological polar surface area (TPSA) is 118 Å².